The summed E-state index contributed by atoms with van der Waals surface area (Å²) in [4.78, 5) is 16.0. The smallest absolute Gasteiger partial charge is 0.244 e. The number of aromatic nitrogens is 2. The highest BCUT2D eigenvalue weighted by Gasteiger charge is 2.34. The van der Waals surface area contributed by atoms with Gasteiger partial charge in [-0.1, -0.05) is 0 Å². The van der Waals surface area contributed by atoms with Crippen molar-refractivity contribution in [3.8, 4) is 0 Å². The topological polar surface area (TPSA) is 61.6 Å². The van der Waals surface area contributed by atoms with Gasteiger partial charge in [-0.05, 0) is 26.6 Å². The van der Waals surface area contributed by atoms with Gasteiger partial charge in [0.1, 0.15) is 6.54 Å². The predicted molar refractivity (Wildman–Crippen MR) is 66.9 cm³/mol. The van der Waals surface area contributed by atoms with Crippen LogP contribution >= 0.6 is 0 Å². The van der Waals surface area contributed by atoms with Crippen molar-refractivity contribution in [1.29, 1.82) is 0 Å². The third kappa shape index (κ3) is 3.08. The molecule has 18 heavy (non-hydrogen) atoms. The van der Waals surface area contributed by atoms with Gasteiger partial charge in [-0.3, -0.25) is 9.48 Å². The van der Waals surface area contributed by atoms with E-state index in [1.165, 1.54) is 0 Å². The number of amides is 1. The Labute approximate surface area is 107 Å². The lowest BCUT2D eigenvalue weighted by Crippen LogP contribution is -2.42. The number of likely N-dealkylation sites (N-methyl/N-ethyl adjacent to an activating group) is 1. The summed E-state index contributed by atoms with van der Waals surface area (Å²) in [7, 11) is 3.95. The van der Waals surface area contributed by atoms with E-state index >= 15 is 0 Å². The minimum atomic E-state index is -0.406. The number of carbonyl (C=O) groups is 1. The van der Waals surface area contributed by atoms with Crippen LogP contribution in [-0.2, 0) is 11.3 Å². The Morgan fingerprint density at radius 3 is 2.94 bits per heavy atom. The van der Waals surface area contributed by atoms with Crippen LogP contribution in [0.4, 0.5) is 0 Å². The molecule has 1 aromatic heterocycles. The molecule has 0 aliphatic carbocycles. The molecule has 1 aromatic rings. The third-order valence-electron chi connectivity index (χ3n) is 3.15. The zero-order valence-electron chi connectivity index (χ0n) is 10.9. The molecule has 1 N–H and O–H groups in total. The minimum Gasteiger partial charge on any atom is -0.391 e. The van der Waals surface area contributed by atoms with E-state index in [4.69, 9.17) is 0 Å². The van der Waals surface area contributed by atoms with E-state index in [2.05, 4.69) is 5.10 Å². The number of aliphatic hydroxyl groups excluding tert-OH is 1. The maximum atomic E-state index is 12.2. The second-order valence-corrected chi connectivity index (χ2v) is 5.06. The molecule has 1 aliphatic heterocycles. The van der Waals surface area contributed by atoms with Crippen molar-refractivity contribution in [3.05, 3.63) is 18.5 Å². The molecule has 2 atom stereocenters. The van der Waals surface area contributed by atoms with Gasteiger partial charge in [0, 0.05) is 31.5 Å². The van der Waals surface area contributed by atoms with E-state index in [-0.39, 0.29) is 18.5 Å². The minimum absolute atomic E-state index is 0.0158. The van der Waals surface area contributed by atoms with Crippen LogP contribution in [0.25, 0.3) is 0 Å². The fourth-order valence-corrected chi connectivity index (χ4v) is 2.42. The second-order valence-electron chi connectivity index (χ2n) is 5.06. The first-order valence-electron chi connectivity index (χ1n) is 6.16. The molecule has 1 saturated heterocycles. The quantitative estimate of drug-likeness (QED) is 0.778. The van der Waals surface area contributed by atoms with E-state index in [9.17, 15) is 9.90 Å². The lowest BCUT2D eigenvalue weighted by molar-refractivity contribution is -0.133. The van der Waals surface area contributed by atoms with E-state index in [1.54, 1.807) is 28.0 Å². The van der Waals surface area contributed by atoms with E-state index in [0.29, 0.717) is 13.0 Å². The van der Waals surface area contributed by atoms with Gasteiger partial charge < -0.3 is 14.9 Å². The molecule has 2 unspecified atom stereocenters. The Bertz CT molecular complexity index is 391. The maximum absolute atomic E-state index is 12.2. The van der Waals surface area contributed by atoms with Crippen molar-refractivity contribution in [2.24, 2.45) is 0 Å². The van der Waals surface area contributed by atoms with Gasteiger partial charge in [-0.25, -0.2) is 0 Å². The third-order valence-corrected chi connectivity index (χ3v) is 3.15. The predicted octanol–water partition coefficient (Wildman–Crippen LogP) is -0.593. The summed E-state index contributed by atoms with van der Waals surface area (Å²) < 4.78 is 1.61. The average Bonchev–Trinajstić information content (AvgIpc) is 2.87. The van der Waals surface area contributed by atoms with Crippen LogP contribution in [0.3, 0.4) is 0 Å². The van der Waals surface area contributed by atoms with Gasteiger partial charge in [0.05, 0.1) is 6.10 Å². The lowest BCUT2D eigenvalue weighted by atomic mass is 10.2. The van der Waals surface area contributed by atoms with Crippen LogP contribution in [0.15, 0.2) is 18.5 Å². The molecule has 6 heteroatoms. The molecule has 0 aromatic carbocycles. The number of nitrogens with zero attached hydrogens (tertiary/aromatic N) is 4. The molecule has 0 saturated carbocycles. The van der Waals surface area contributed by atoms with Crippen molar-refractivity contribution in [1.82, 2.24) is 19.6 Å². The SMILES string of the molecule is CN(C)CC1CC(O)CN1C(=O)Cn1cccn1. The summed E-state index contributed by atoms with van der Waals surface area (Å²) in [6.07, 6.45) is 3.68. The number of likely N-dealkylation sites (tertiary alicyclic amines) is 1. The standard InChI is InChI=1S/C12H20N4O2/c1-14(2)7-10-6-11(17)8-16(10)12(18)9-15-5-3-4-13-15/h3-5,10-11,17H,6-9H2,1-2H3. The normalized spacial score (nSPS) is 23.9. The molecule has 6 nitrogen and oxygen atoms in total. The molecular weight excluding hydrogens is 232 g/mol. The molecule has 0 spiro atoms. The number of aliphatic hydroxyl groups is 1. The van der Waals surface area contributed by atoms with E-state index in [1.807, 2.05) is 19.0 Å². The van der Waals surface area contributed by atoms with Gasteiger partial charge in [-0.15, -0.1) is 0 Å². The van der Waals surface area contributed by atoms with Gasteiger partial charge in [0.15, 0.2) is 0 Å². The summed E-state index contributed by atoms with van der Waals surface area (Å²) in [5, 5.41) is 13.8. The molecule has 1 fully saturated rings. The first-order chi connectivity index (χ1) is 8.56. The fourth-order valence-electron chi connectivity index (χ4n) is 2.42. The van der Waals surface area contributed by atoms with Crippen LogP contribution in [0, 0.1) is 0 Å². The molecule has 2 heterocycles. The maximum Gasteiger partial charge on any atom is 0.244 e. The molecule has 0 bridgehead atoms. The summed E-state index contributed by atoms with van der Waals surface area (Å²) in [5.74, 6) is 0.0158. The summed E-state index contributed by atoms with van der Waals surface area (Å²) in [6, 6.07) is 1.89. The highest BCUT2D eigenvalue weighted by molar-refractivity contribution is 5.76. The second kappa shape index (κ2) is 5.49. The Hall–Kier alpha value is -1.40. The monoisotopic (exact) mass is 252 g/mol. The number of β-amino-alcohol motifs (C(OH)–C–C–N with tert-alkyl or cyclic N) is 1. The van der Waals surface area contributed by atoms with Crippen LogP contribution in [-0.4, -0.2) is 69.9 Å². The number of hydrogen-bond donors (Lipinski definition) is 1. The van der Waals surface area contributed by atoms with Crippen molar-refractivity contribution >= 4 is 5.91 Å². The molecular formula is C12H20N4O2. The Morgan fingerprint density at radius 1 is 1.56 bits per heavy atom. The summed E-state index contributed by atoms with van der Waals surface area (Å²) in [5.41, 5.74) is 0. The lowest BCUT2D eigenvalue weighted by Gasteiger charge is -2.26. The average molecular weight is 252 g/mol. The van der Waals surface area contributed by atoms with Crippen LogP contribution in [0.1, 0.15) is 6.42 Å². The Morgan fingerprint density at radius 2 is 2.33 bits per heavy atom. The zero-order valence-corrected chi connectivity index (χ0v) is 10.9. The van der Waals surface area contributed by atoms with E-state index < -0.39 is 6.10 Å². The van der Waals surface area contributed by atoms with Gasteiger partial charge in [0.2, 0.25) is 5.91 Å². The largest absolute Gasteiger partial charge is 0.391 e. The first kappa shape index (κ1) is 13.0. The van der Waals surface area contributed by atoms with Crippen molar-refractivity contribution in [2.75, 3.05) is 27.2 Å². The van der Waals surface area contributed by atoms with Crippen LogP contribution in [0.5, 0.6) is 0 Å². The van der Waals surface area contributed by atoms with Gasteiger partial charge >= 0.3 is 0 Å². The Balaban J connectivity index is 1.98. The molecule has 0 radical (unpaired) electrons. The van der Waals surface area contributed by atoms with Crippen molar-refractivity contribution in [3.63, 3.8) is 0 Å². The first-order valence-corrected chi connectivity index (χ1v) is 6.16. The van der Waals surface area contributed by atoms with Crippen LogP contribution in [0.2, 0.25) is 0 Å². The number of rotatable bonds is 4. The van der Waals surface area contributed by atoms with Crippen molar-refractivity contribution < 1.29 is 9.90 Å². The van der Waals surface area contributed by atoms with Crippen LogP contribution < -0.4 is 0 Å². The summed E-state index contributed by atoms with van der Waals surface area (Å²) >= 11 is 0. The van der Waals surface area contributed by atoms with Gasteiger partial charge in [-0.2, -0.15) is 5.10 Å². The highest BCUT2D eigenvalue weighted by atomic mass is 16.3. The molecule has 1 aliphatic rings. The van der Waals surface area contributed by atoms with Crippen molar-refractivity contribution in [2.45, 2.75) is 25.1 Å². The molecule has 100 valence electrons. The number of carbonyl (C=O) groups excluding carboxylic acids is 1. The highest BCUT2D eigenvalue weighted by Crippen LogP contribution is 2.18. The molecule has 1 amide bonds. The zero-order chi connectivity index (χ0) is 13.1. The molecule has 2 rings (SSSR count). The number of hydrogen-bond acceptors (Lipinski definition) is 4. The van der Waals surface area contributed by atoms with Gasteiger partial charge in [0.25, 0.3) is 0 Å². The Kier molecular flexibility index (Phi) is 3.98. The van der Waals surface area contributed by atoms with E-state index in [0.717, 1.165) is 6.54 Å². The summed E-state index contributed by atoms with van der Waals surface area (Å²) in [6.45, 7) is 1.45. The fraction of sp³-hybridized carbons (Fsp3) is 0.667.